The van der Waals surface area contributed by atoms with Crippen molar-refractivity contribution in [2.75, 3.05) is 0 Å². The fourth-order valence-corrected chi connectivity index (χ4v) is 0.791. The van der Waals surface area contributed by atoms with Crippen LogP contribution in [0.3, 0.4) is 0 Å². The van der Waals surface area contributed by atoms with Crippen LogP contribution in [0.1, 0.15) is 0 Å². The molecule has 0 aromatic heterocycles. The Morgan fingerprint density at radius 1 is 1.22 bits per heavy atom. The predicted molar refractivity (Wildman–Crippen MR) is 60.6 cm³/mol. The van der Waals surface area contributed by atoms with Gasteiger partial charge in [0.2, 0.25) is 0 Å². The molecule has 0 aliphatic carbocycles. The highest BCUT2D eigenvalue weighted by Crippen LogP contribution is 2.15. The Morgan fingerprint density at radius 2 is 1.61 bits per heavy atom. The van der Waals surface area contributed by atoms with Crippen molar-refractivity contribution in [3.05, 3.63) is 29.3 Å². The number of halogens is 4. The van der Waals surface area contributed by atoms with Crippen molar-refractivity contribution in [1.82, 2.24) is 0 Å². The fourth-order valence-electron chi connectivity index (χ4n) is 0.665. The van der Waals surface area contributed by atoms with Crippen LogP contribution >= 0.6 is 11.6 Å². The van der Waals surface area contributed by atoms with Gasteiger partial charge in [0.25, 0.3) is 0 Å². The summed E-state index contributed by atoms with van der Waals surface area (Å²) in [5.41, 5.74) is 11.0. The van der Waals surface area contributed by atoms with Crippen molar-refractivity contribution >= 4 is 29.2 Å². The zero-order valence-electron chi connectivity index (χ0n) is 8.78. The lowest BCUT2D eigenvalue weighted by Crippen LogP contribution is -2.21. The van der Waals surface area contributed by atoms with Gasteiger partial charge in [-0.05, 0) is 24.3 Å². The average molecular weight is 284 g/mol. The molecule has 1 rings (SSSR count). The third-order valence-electron chi connectivity index (χ3n) is 1.33. The number of carboxylic acid groups (broad SMARTS) is 1. The standard InChI is InChI=1S/C7H8ClN3.C2HF3O2/c8-5-1-3-6(4-2-5)11-7(9)10;3-2(4,5)1(6)7/h1-4H,(H4,9,10,11);(H,6,7). The first-order valence-corrected chi connectivity index (χ1v) is 4.66. The number of aliphatic carboxylic acids is 1. The number of guanidine groups is 1. The van der Waals surface area contributed by atoms with E-state index >= 15 is 0 Å². The molecule has 5 nitrogen and oxygen atoms in total. The highest BCUT2D eigenvalue weighted by atomic mass is 35.5. The van der Waals surface area contributed by atoms with Gasteiger partial charge in [-0.15, -0.1) is 0 Å². The van der Waals surface area contributed by atoms with E-state index in [1.165, 1.54) is 0 Å². The molecule has 1 aromatic rings. The topological polar surface area (TPSA) is 102 Å². The number of nitrogens with two attached hydrogens (primary N) is 2. The largest absolute Gasteiger partial charge is 0.490 e. The summed E-state index contributed by atoms with van der Waals surface area (Å²) in [5, 5.41) is 7.79. The molecule has 0 aliphatic rings. The van der Waals surface area contributed by atoms with E-state index in [0.717, 1.165) is 0 Å². The lowest BCUT2D eigenvalue weighted by atomic mass is 10.3. The number of carboxylic acids is 1. The van der Waals surface area contributed by atoms with Crippen molar-refractivity contribution in [3.63, 3.8) is 0 Å². The first kappa shape index (κ1) is 16.0. The summed E-state index contributed by atoms with van der Waals surface area (Å²) < 4.78 is 31.7. The van der Waals surface area contributed by atoms with Gasteiger partial charge in [0.1, 0.15) is 0 Å². The number of alkyl halides is 3. The van der Waals surface area contributed by atoms with Crippen LogP contribution in [0.4, 0.5) is 18.9 Å². The number of aliphatic imine (C=N–C) groups is 1. The molecule has 0 spiro atoms. The quantitative estimate of drug-likeness (QED) is 0.541. The molecule has 0 unspecified atom stereocenters. The Balaban J connectivity index is 0.000000360. The van der Waals surface area contributed by atoms with Crippen molar-refractivity contribution in [2.24, 2.45) is 16.5 Å². The fraction of sp³-hybridized carbons (Fsp3) is 0.111. The minimum absolute atomic E-state index is 0.0484. The maximum atomic E-state index is 10.6. The molecule has 0 aliphatic heterocycles. The molecule has 9 heteroatoms. The van der Waals surface area contributed by atoms with Crippen molar-refractivity contribution in [2.45, 2.75) is 6.18 Å². The highest BCUT2D eigenvalue weighted by Gasteiger charge is 2.38. The Bertz CT molecular complexity index is 428. The molecule has 0 saturated carbocycles. The van der Waals surface area contributed by atoms with E-state index in [0.29, 0.717) is 10.7 Å². The Labute approximate surface area is 105 Å². The van der Waals surface area contributed by atoms with Gasteiger partial charge < -0.3 is 16.6 Å². The zero-order valence-corrected chi connectivity index (χ0v) is 9.53. The zero-order chi connectivity index (χ0) is 14.3. The van der Waals surface area contributed by atoms with Gasteiger partial charge in [0.15, 0.2) is 5.96 Å². The number of nitrogens with zero attached hydrogens (tertiary/aromatic N) is 1. The molecule has 100 valence electrons. The molecule has 0 fully saturated rings. The molecule has 0 bridgehead atoms. The second-order valence-corrected chi connectivity index (χ2v) is 3.25. The first-order valence-electron chi connectivity index (χ1n) is 4.28. The lowest BCUT2D eigenvalue weighted by molar-refractivity contribution is -0.192. The smallest absolute Gasteiger partial charge is 0.475 e. The Kier molecular flexibility index (Phi) is 5.97. The van der Waals surface area contributed by atoms with Crippen LogP contribution in [-0.2, 0) is 4.79 Å². The summed E-state index contributed by atoms with van der Waals surface area (Å²) in [4.78, 5) is 12.7. The van der Waals surface area contributed by atoms with Gasteiger partial charge in [-0.2, -0.15) is 13.2 Å². The van der Waals surface area contributed by atoms with E-state index < -0.39 is 12.1 Å². The van der Waals surface area contributed by atoms with E-state index in [4.69, 9.17) is 33.0 Å². The third-order valence-corrected chi connectivity index (χ3v) is 1.58. The van der Waals surface area contributed by atoms with E-state index in [1.807, 2.05) is 0 Å². The molecule has 0 atom stereocenters. The van der Waals surface area contributed by atoms with Crippen LogP contribution in [0.25, 0.3) is 0 Å². The third kappa shape index (κ3) is 7.34. The van der Waals surface area contributed by atoms with Gasteiger partial charge in [0, 0.05) is 5.02 Å². The molecule has 0 heterocycles. The van der Waals surface area contributed by atoms with Crippen LogP contribution in [0.2, 0.25) is 5.02 Å². The number of rotatable bonds is 1. The van der Waals surface area contributed by atoms with Gasteiger partial charge in [-0.3, -0.25) is 0 Å². The molecular formula is C9H9ClF3N3O2. The molecule has 5 N–H and O–H groups in total. The monoisotopic (exact) mass is 283 g/mol. The van der Waals surface area contributed by atoms with E-state index in [-0.39, 0.29) is 5.96 Å². The van der Waals surface area contributed by atoms with Crippen LogP contribution in [-0.4, -0.2) is 23.2 Å². The summed E-state index contributed by atoms with van der Waals surface area (Å²) >= 11 is 5.64. The van der Waals surface area contributed by atoms with Crippen LogP contribution in [0.5, 0.6) is 0 Å². The van der Waals surface area contributed by atoms with Gasteiger partial charge in [-0.1, -0.05) is 11.6 Å². The van der Waals surface area contributed by atoms with Crippen molar-refractivity contribution in [1.29, 1.82) is 0 Å². The summed E-state index contributed by atoms with van der Waals surface area (Å²) in [5.74, 6) is -2.71. The lowest BCUT2D eigenvalue weighted by Gasteiger charge is -1.93. The van der Waals surface area contributed by atoms with E-state index in [1.54, 1.807) is 24.3 Å². The minimum atomic E-state index is -5.08. The summed E-state index contributed by atoms with van der Waals surface area (Å²) in [6, 6.07) is 6.93. The van der Waals surface area contributed by atoms with Gasteiger partial charge in [0.05, 0.1) is 5.69 Å². The van der Waals surface area contributed by atoms with Crippen LogP contribution < -0.4 is 11.5 Å². The van der Waals surface area contributed by atoms with Gasteiger partial charge in [-0.25, -0.2) is 9.79 Å². The SMILES string of the molecule is NC(N)=Nc1ccc(Cl)cc1.O=C(O)C(F)(F)F. The second-order valence-electron chi connectivity index (χ2n) is 2.82. The Morgan fingerprint density at radius 3 is 1.89 bits per heavy atom. The highest BCUT2D eigenvalue weighted by molar-refractivity contribution is 6.30. The molecule has 18 heavy (non-hydrogen) atoms. The number of hydrogen-bond donors (Lipinski definition) is 3. The maximum absolute atomic E-state index is 10.6. The predicted octanol–water partition coefficient (Wildman–Crippen LogP) is 1.88. The summed E-state index contributed by atoms with van der Waals surface area (Å²) in [7, 11) is 0. The summed E-state index contributed by atoms with van der Waals surface area (Å²) in [6.07, 6.45) is -5.08. The molecular weight excluding hydrogens is 275 g/mol. The maximum Gasteiger partial charge on any atom is 0.490 e. The van der Waals surface area contributed by atoms with Crippen molar-refractivity contribution in [3.8, 4) is 0 Å². The summed E-state index contributed by atoms with van der Waals surface area (Å²) in [6.45, 7) is 0. The normalized spacial score (nSPS) is 10.0. The molecule has 0 radical (unpaired) electrons. The molecule has 0 saturated heterocycles. The molecule has 0 amide bonds. The van der Waals surface area contributed by atoms with E-state index in [2.05, 4.69) is 4.99 Å². The Hall–Kier alpha value is -1.96. The van der Waals surface area contributed by atoms with E-state index in [9.17, 15) is 13.2 Å². The van der Waals surface area contributed by atoms with Crippen LogP contribution in [0.15, 0.2) is 29.3 Å². The second kappa shape index (κ2) is 6.70. The van der Waals surface area contributed by atoms with Gasteiger partial charge >= 0.3 is 12.1 Å². The number of carbonyl (C=O) groups is 1. The number of hydrogen-bond acceptors (Lipinski definition) is 2. The average Bonchev–Trinajstić information content (AvgIpc) is 2.20. The van der Waals surface area contributed by atoms with Crippen molar-refractivity contribution < 1.29 is 23.1 Å². The first-order chi connectivity index (χ1) is 8.12. The number of benzene rings is 1. The molecule has 1 aromatic carbocycles. The van der Waals surface area contributed by atoms with Crippen LogP contribution in [0, 0.1) is 0 Å². The minimum Gasteiger partial charge on any atom is -0.475 e.